The second-order valence-electron chi connectivity index (χ2n) is 9.21. The van der Waals surface area contributed by atoms with Crippen LogP contribution in [0.1, 0.15) is 58.2 Å². The van der Waals surface area contributed by atoms with Gasteiger partial charge >= 0.3 is 0 Å². The highest BCUT2D eigenvalue weighted by Gasteiger charge is 2.24. The minimum atomic E-state index is -0.124. The van der Waals surface area contributed by atoms with Gasteiger partial charge in [0.15, 0.2) is 0 Å². The van der Waals surface area contributed by atoms with Gasteiger partial charge in [-0.3, -0.25) is 10.4 Å². The van der Waals surface area contributed by atoms with Gasteiger partial charge in [-0.25, -0.2) is 0 Å². The molecule has 0 fully saturated rings. The Balaban J connectivity index is 1.99. The van der Waals surface area contributed by atoms with E-state index in [9.17, 15) is 5.11 Å². The third-order valence-corrected chi connectivity index (χ3v) is 4.84. The SMILES string of the molecule is CC(C)(C)c1cc(O)c(/C=N/Nc2cccc3cccnc23)c(C(C)(C)C)c1. The molecule has 1 heterocycles. The van der Waals surface area contributed by atoms with Crippen LogP contribution < -0.4 is 5.43 Å². The smallest absolute Gasteiger partial charge is 0.125 e. The number of pyridine rings is 1. The van der Waals surface area contributed by atoms with Crippen molar-refractivity contribution in [2.24, 2.45) is 5.10 Å². The van der Waals surface area contributed by atoms with Crippen molar-refractivity contribution in [3.8, 4) is 5.75 Å². The highest BCUT2D eigenvalue weighted by Crippen LogP contribution is 2.35. The van der Waals surface area contributed by atoms with E-state index in [1.54, 1.807) is 12.4 Å². The number of aromatic hydroxyl groups is 1. The largest absolute Gasteiger partial charge is 0.507 e. The zero-order chi connectivity index (χ0) is 20.5. The number of hydrazone groups is 1. The number of rotatable bonds is 3. The average Bonchev–Trinajstić information content (AvgIpc) is 2.61. The number of phenols is 1. The molecular weight excluding hydrogens is 346 g/mol. The number of hydrogen-bond donors (Lipinski definition) is 2. The second-order valence-corrected chi connectivity index (χ2v) is 9.21. The van der Waals surface area contributed by atoms with Crippen LogP contribution >= 0.6 is 0 Å². The van der Waals surface area contributed by atoms with Crippen LogP contribution in [-0.2, 0) is 10.8 Å². The molecule has 0 saturated heterocycles. The molecule has 28 heavy (non-hydrogen) atoms. The summed E-state index contributed by atoms with van der Waals surface area (Å²) in [6.07, 6.45) is 3.47. The number of anilines is 1. The van der Waals surface area contributed by atoms with Gasteiger partial charge in [0.1, 0.15) is 5.75 Å². The summed E-state index contributed by atoms with van der Waals surface area (Å²) in [6, 6.07) is 13.9. The molecule has 3 rings (SSSR count). The maximum atomic E-state index is 10.7. The molecule has 0 radical (unpaired) electrons. The Morgan fingerprint density at radius 1 is 0.964 bits per heavy atom. The van der Waals surface area contributed by atoms with Crippen molar-refractivity contribution in [2.75, 3.05) is 5.43 Å². The third-order valence-electron chi connectivity index (χ3n) is 4.84. The molecule has 1 aromatic heterocycles. The minimum absolute atomic E-state index is 0.0416. The Hall–Kier alpha value is -2.88. The van der Waals surface area contributed by atoms with E-state index in [0.29, 0.717) is 0 Å². The summed E-state index contributed by atoms with van der Waals surface area (Å²) in [5, 5.41) is 16.2. The van der Waals surface area contributed by atoms with Gasteiger partial charge in [0.25, 0.3) is 0 Å². The molecule has 0 atom stereocenters. The van der Waals surface area contributed by atoms with Crippen molar-refractivity contribution < 1.29 is 5.11 Å². The first-order valence-corrected chi connectivity index (χ1v) is 9.58. The second kappa shape index (κ2) is 7.27. The lowest BCUT2D eigenvalue weighted by Crippen LogP contribution is -2.18. The molecule has 3 aromatic rings. The first-order chi connectivity index (χ1) is 13.1. The third kappa shape index (κ3) is 4.16. The zero-order valence-corrected chi connectivity index (χ0v) is 17.5. The quantitative estimate of drug-likeness (QED) is 0.437. The molecule has 0 aliphatic carbocycles. The molecule has 2 aromatic carbocycles. The molecule has 0 unspecified atom stereocenters. The fourth-order valence-corrected chi connectivity index (χ4v) is 3.19. The van der Waals surface area contributed by atoms with Gasteiger partial charge in [-0.15, -0.1) is 0 Å². The van der Waals surface area contributed by atoms with Gasteiger partial charge in [0.2, 0.25) is 0 Å². The van der Waals surface area contributed by atoms with Crippen molar-refractivity contribution >= 4 is 22.8 Å². The molecular formula is C24H29N3O. The van der Waals surface area contributed by atoms with E-state index in [-0.39, 0.29) is 16.6 Å². The van der Waals surface area contributed by atoms with Crippen LogP contribution in [0.3, 0.4) is 0 Å². The number of aromatic nitrogens is 1. The molecule has 0 saturated carbocycles. The zero-order valence-electron chi connectivity index (χ0n) is 17.5. The van der Waals surface area contributed by atoms with Gasteiger partial charge in [-0.1, -0.05) is 65.8 Å². The highest BCUT2D eigenvalue weighted by molar-refractivity contribution is 5.91. The van der Waals surface area contributed by atoms with Crippen LogP contribution in [0.2, 0.25) is 0 Å². The number of para-hydroxylation sites is 1. The normalized spacial score (nSPS) is 12.6. The van der Waals surface area contributed by atoms with E-state index in [2.05, 4.69) is 63.1 Å². The van der Waals surface area contributed by atoms with Gasteiger partial charge in [-0.05, 0) is 40.2 Å². The molecule has 2 N–H and O–H groups in total. The van der Waals surface area contributed by atoms with Crippen LogP contribution in [0.25, 0.3) is 10.9 Å². The van der Waals surface area contributed by atoms with E-state index in [1.807, 2.05) is 36.4 Å². The predicted molar refractivity (Wildman–Crippen MR) is 118 cm³/mol. The van der Waals surface area contributed by atoms with Crippen LogP contribution in [0, 0.1) is 0 Å². The molecule has 0 bridgehead atoms. The van der Waals surface area contributed by atoms with E-state index in [1.165, 1.54) is 0 Å². The number of fused-ring (bicyclic) bond motifs is 1. The monoisotopic (exact) mass is 375 g/mol. The Bertz CT molecular complexity index is 1020. The van der Waals surface area contributed by atoms with Gasteiger partial charge < -0.3 is 5.11 Å². The molecule has 0 aliphatic heterocycles. The van der Waals surface area contributed by atoms with Crippen LogP contribution in [-0.4, -0.2) is 16.3 Å². The summed E-state index contributed by atoms with van der Waals surface area (Å²) in [5.74, 6) is 0.249. The first kappa shape index (κ1) is 19.9. The van der Waals surface area contributed by atoms with Crippen molar-refractivity contribution in [1.82, 2.24) is 4.98 Å². The topological polar surface area (TPSA) is 57.5 Å². The Morgan fingerprint density at radius 2 is 1.68 bits per heavy atom. The van der Waals surface area contributed by atoms with E-state index < -0.39 is 0 Å². The van der Waals surface area contributed by atoms with Gasteiger partial charge in [-0.2, -0.15) is 5.10 Å². The van der Waals surface area contributed by atoms with Gasteiger partial charge in [0, 0.05) is 17.1 Å². The van der Waals surface area contributed by atoms with E-state index >= 15 is 0 Å². The van der Waals surface area contributed by atoms with Crippen LogP contribution in [0.4, 0.5) is 5.69 Å². The van der Waals surface area contributed by atoms with Crippen molar-refractivity contribution in [2.45, 2.75) is 52.4 Å². The lowest BCUT2D eigenvalue weighted by Gasteiger charge is -2.27. The van der Waals surface area contributed by atoms with Crippen molar-refractivity contribution in [3.05, 3.63) is 65.4 Å². The number of nitrogens with one attached hydrogen (secondary N) is 1. The van der Waals surface area contributed by atoms with Crippen molar-refractivity contribution in [3.63, 3.8) is 0 Å². The molecule has 0 amide bonds. The fraction of sp³-hybridized carbons (Fsp3) is 0.333. The maximum absolute atomic E-state index is 10.7. The number of phenolic OH excluding ortho intramolecular Hbond substituents is 1. The molecule has 146 valence electrons. The first-order valence-electron chi connectivity index (χ1n) is 9.58. The summed E-state index contributed by atoms with van der Waals surface area (Å²) < 4.78 is 0. The standard InChI is InChI=1S/C24H29N3O/c1-23(2,3)17-13-19(24(4,5)6)18(21(28)14-17)15-26-27-20-11-7-9-16-10-8-12-25-22(16)20/h7-15,27-28H,1-6H3/b26-15+. The Labute approximate surface area is 167 Å². The summed E-state index contributed by atoms with van der Waals surface area (Å²) in [5.41, 5.74) is 7.53. The lowest BCUT2D eigenvalue weighted by molar-refractivity contribution is 0.464. The number of nitrogens with zero attached hydrogens (tertiary/aromatic N) is 2. The Morgan fingerprint density at radius 3 is 2.36 bits per heavy atom. The van der Waals surface area contributed by atoms with Crippen LogP contribution in [0.5, 0.6) is 5.75 Å². The molecule has 4 heteroatoms. The summed E-state index contributed by atoms with van der Waals surface area (Å²) in [6.45, 7) is 12.9. The average molecular weight is 376 g/mol. The highest BCUT2D eigenvalue weighted by atomic mass is 16.3. The summed E-state index contributed by atoms with van der Waals surface area (Å²) >= 11 is 0. The molecule has 0 aliphatic rings. The van der Waals surface area contributed by atoms with E-state index in [4.69, 9.17) is 0 Å². The van der Waals surface area contributed by atoms with Crippen LogP contribution in [0.15, 0.2) is 53.8 Å². The summed E-state index contributed by atoms with van der Waals surface area (Å²) in [7, 11) is 0. The number of benzene rings is 2. The minimum Gasteiger partial charge on any atom is -0.507 e. The van der Waals surface area contributed by atoms with Crippen molar-refractivity contribution in [1.29, 1.82) is 0 Å². The van der Waals surface area contributed by atoms with E-state index in [0.717, 1.165) is 33.3 Å². The molecule has 0 spiro atoms. The fourth-order valence-electron chi connectivity index (χ4n) is 3.19. The Kier molecular flexibility index (Phi) is 5.16. The summed E-state index contributed by atoms with van der Waals surface area (Å²) in [4.78, 5) is 4.43. The predicted octanol–water partition coefficient (Wildman–Crippen LogP) is 5.98. The molecule has 4 nitrogen and oxygen atoms in total. The lowest BCUT2D eigenvalue weighted by atomic mass is 9.78. The number of hydrogen-bond acceptors (Lipinski definition) is 4. The maximum Gasteiger partial charge on any atom is 0.125 e. The van der Waals surface area contributed by atoms with Gasteiger partial charge in [0.05, 0.1) is 17.4 Å².